The lowest BCUT2D eigenvalue weighted by atomic mass is 10.0. The Bertz CT molecular complexity index is 627. The molecule has 1 aromatic rings. The largest absolute Gasteiger partial charge is 0.352 e. The molecule has 0 atom stereocenters. The Hall–Kier alpha value is -0.590. The molecule has 1 saturated carbocycles. The van der Waals surface area contributed by atoms with Crippen LogP contribution in [0.5, 0.6) is 0 Å². The van der Waals surface area contributed by atoms with Crippen molar-refractivity contribution in [3.63, 3.8) is 0 Å². The Morgan fingerprint density at radius 2 is 1.95 bits per heavy atom. The zero-order chi connectivity index (χ0) is 15.5. The zero-order valence-corrected chi connectivity index (χ0v) is 14.6. The van der Waals surface area contributed by atoms with Gasteiger partial charge in [0.25, 0.3) is 15.0 Å². The van der Waals surface area contributed by atoms with Crippen molar-refractivity contribution < 1.29 is 13.2 Å². The monoisotopic (exact) mass is 393 g/mol. The zero-order valence-electron chi connectivity index (χ0n) is 11.4. The van der Waals surface area contributed by atoms with E-state index in [1.807, 2.05) is 0 Å². The van der Waals surface area contributed by atoms with Gasteiger partial charge in [-0.1, -0.05) is 41.6 Å². The molecular weight excluding hydrogens is 378 g/mol. The molecule has 0 aromatic heterocycles. The Kier molecular flexibility index (Phi) is 5.68. The molecule has 1 amide bonds. The minimum atomic E-state index is -3.85. The maximum Gasteiger partial charge on any atom is 0.261 e. The van der Waals surface area contributed by atoms with Crippen molar-refractivity contribution in [1.29, 1.82) is 0 Å². The van der Waals surface area contributed by atoms with E-state index in [-0.39, 0.29) is 16.4 Å². The highest BCUT2D eigenvalue weighted by atomic mass is 79.9. The van der Waals surface area contributed by atoms with Crippen molar-refractivity contribution in [2.24, 2.45) is 5.92 Å². The summed E-state index contributed by atoms with van der Waals surface area (Å²) in [7, 11) is 1.46. The highest BCUT2D eigenvalue weighted by Gasteiger charge is 2.17. The van der Waals surface area contributed by atoms with Crippen LogP contribution in [0.3, 0.4) is 0 Å². The lowest BCUT2D eigenvalue weighted by Crippen LogP contribution is -2.25. The SMILES string of the molecule is O=C(NCCC1CCCC1)c1cc(Br)cc(S(=O)(=O)Cl)c1. The molecular formula is C14H17BrClNO3S. The first kappa shape index (κ1) is 16.8. The molecule has 1 aliphatic carbocycles. The molecule has 0 bridgehead atoms. The normalized spacial score (nSPS) is 16.1. The summed E-state index contributed by atoms with van der Waals surface area (Å²) in [5, 5.41) is 2.83. The van der Waals surface area contributed by atoms with Crippen molar-refractivity contribution in [2.45, 2.75) is 37.0 Å². The average Bonchev–Trinajstić information content (AvgIpc) is 2.90. The van der Waals surface area contributed by atoms with Gasteiger partial charge in [-0.2, -0.15) is 0 Å². The smallest absolute Gasteiger partial charge is 0.261 e. The number of rotatable bonds is 5. The maximum atomic E-state index is 12.1. The Labute approximate surface area is 137 Å². The molecule has 1 fully saturated rings. The number of hydrogen-bond acceptors (Lipinski definition) is 3. The lowest BCUT2D eigenvalue weighted by Gasteiger charge is -2.10. The van der Waals surface area contributed by atoms with Crippen LogP contribution < -0.4 is 5.32 Å². The predicted octanol–water partition coefficient (Wildman–Crippen LogP) is 3.69. The summed E-state index contributed by atoms with van der Waals surface area (Å²) in [6.45, 7) is 0.610. The van der Waals surface area contributed by atoms with E-state index in [1.54, 1.807) is 6.07 Å². The van der Waals surface area contributed by atoms with Crippen molar-refractivity contribution >= 4 is 41.6 Å². The van der Waals surface area contributed by atoms with Crippen molar-refractivity contribution in [3.05, 3.63) is 28.2 Å². The summed E-state index contributed by atoms with van der Waals surface area (Å²) in [6, 6.07) is 4.24. The van der Waals surface area contributed by atoms with E-state index in [0.29, 0.717) is 16.9 Å². The van der Waals surface area contributed by atoms with Crippen LogP contribution >= 0.6 is 26.6 Å². The van der Waals surface area contributed by atoms with E-state index in [0.717, 1.165) is 6.42 Å². The van der Waals surface area contributed by atoms with Crippen LogP contribution in [-0.4, -0.2) is 20.9 Å². The van der Waals surface area contributed by atoms with E-state index < -0.39 is 9.05 Å². The van der Waals surface area contributed by atoms with E-state index in [1.165, 1.54) is 37.8 Å². The third-order valence-electron chi connectivity index (χ3n) is 3.73. The van der Waals surface area contributed by atoms with E-state index in [4.69, 9.17) is 10.7 Å². The molecule has 0 heterocycles. The second-order valence-electron chi connectivity index (χ2n) is 5.31. The highest BCUT2D eigenvalue weighted by molar-refractivity contribution is 9.10. The van der Waals surface area contributed by atoms with Gasteiger partial charge in [0, 0.05) is 27.3 Å². The van der Waals surface area contributed by atoms with E-state index >= 15 is 0 Å². The van der Waals surface area contributed by atoms with Gasteiger partial charge in [0.15, 0.2) is 0 Å². The number of hydrogen-bond donors (Lipinski definition) is 1. The summed E-state index contributed by atoms with van der Waals surface area (Å²) in [4.78, 5) is 12.0. The van der Waals surface area contributed by atoms with Gasteiger partial charge in [-0.3, -0.25) is 4.79 Å². The van der Waals surface area contributed by atoms with Crippen molar-refractivity contribution in [1.82, 2.24) is 5.32 Å². The number of benzene rings is 1. The third kappa shape index (κ3) is 4.97. The second-order valence-corrected chi connectivity index (χ2v) is 8.79. The molecule has 7 heteroatoms. The minimum absolute atomic E-state index is 0.0838. The minimum Gasteiger partial charge on any atom is -0.352 e. The summed E-state index contributed by atoms with van der Waals surface area (Å²) in [5.74, 6) is 0.419. The van der Waals surface area contributed by atoms with Crippen LogP contribution in [0, 0.1) is 5.92 Å². The van der Waals surface area contributed by atoms with Crippen molar-refractivity contribution in [3.8, 4) is 0 Å². The molecule has 0 unspecified atom stereocenters. The standard InChI is InChI=1S/C14H17BrClNO3S/c15-12-7-11(8-13(9-12)21(16,19)20)14(18)17-6-5-10-3-1-2-4-10/h7-10H,1-6H2,(H,17,18). The van der Waals surface area contributed by atoms with Gasteiger partial charge >= 0.3 is 0 Å². The summed E-state index contributed by atoms with van der Waals surface area (Å²) in [5.41, 5.74) is 0.287. The van der Waals surface area contributed by atoms with Gasteiger partial charge in [-0.15, -0.1) is 0 Å². The maximum absolute atomic E-state index is 12.1. The lowest BCUT2D eigenvalue weighted by molar-refractivity contribution is 0.0951. The fraction of sp³-hybridized carbons (Fsp3) is 0.500. The molecule has 1 N–H and O–H groups in total. The van der Waals surface area contributed by atoms with Gasteiger partial charge < -0.3 is 5.32 Å². The van der Waals surface area contributed by atoms with Gasteiger partial charge in [0.1, 0.15) is 0 Å². The van der Waals surface area contributed by atoms with Crippen LogP contribution in [0.4, 0.5) is 0 Å². The van der Waals surface area contributed by atoms with Crippen LogP contribution in [0.25, 0.3) is 0 Å². The summed E-state index contributed by atoms with van der Waals surface area (Å²) in [6.07, 6.45) is 6.01. The van der Waals surface area contributed by atoms with E-state index in [9.17, 15) is 13.2 Å². The van der Waals surface area contributed by atoms with Gasteiger partial charge in [-0.05, 0) is 30.5 Å². The first-order chi connectivity index (χ1) is 9.86. The Morgan fingerprint density at radius 3 is 2.57 bits per heavy atom. The molecule has 21 heavy (non-hydrogen) atoms. The van der Waals surface area contributed by atoms with Crippen LogP contribution in [0.1, 0.15) is 42.5 Å². The number of amides is 1. The predicted molar refractivity (Wildman–Crippen MR) is 86.1 cm³/mol. The number of carbonyl (C=O) groups is 1. The molecule has 0 radical (unpaired) electrons. The molecule has 4 nitrogen and oxygen atoms in total. The fourth-order valence-corrected chi connectivity index (χ4v) is 4.07. The molecule has 1 aliphatic rings. The summed E-state index contributed by atoms with van der Waals surface area (Å²) < 4.78 is 23.2. The van der Waals surface area contributed by atoms with Crippen LogP contribution in [0.15, 0.2) is 27.6 Å². The second kappa shape index (κ2) is 7.11. The quantitative estimate of drug-likeness (QED) is 0.775. The summed E-state index contributed by atoms with van der Waals surface area (Å²) >= 11 is 3.19. The molecule has 0 saturated heterocycles. The first-order valence-corrected chi connectivity index (χ1v) is 10.00. The van der Waals surface area contributed by atoms with Crippen molar-refractivity contribution in [2.75, 3.05) is 6.54 Å². The molecule has 1 aromatic carbocycles. The Balaban J connectivity index is 2.00. The van der Waals surface area contributed by atoms with Gasteiger partial charge in [-0.25, -0.2) is 8.42 Å². The molecule has 0 spiro atoms. The molecule has 0 aliphatic heterocycles. The number of halogens is 2. The topological polar surface area (TPSA) is 63.2 Å². The van der Waals surface area contributed by atoms with Gasteiger partial charge in [0.05, 0.1) is 4.90 Å². The fourth-order valence-electron chi connectivity index (χ4n) is 2.63. The average molecular weight is 395 g/mol. The molecule has 2 rings (SSSR count). The van der Waals surface area contributed by atoms with Crippen LogP contribution in [0.2, 0.25) is 0 Å². The number of carbonyl (C=O) groups excluding carboxylic acids is 1. The Morgan fingerprint density at radius 1 is 1.29 bits per heavy atom. The van der Waals surface area contributed by atoms with Gasteiger partial charge in [0.2, 0.25) is 0 Å². The van der Waals surface area contributed by atoms with E-state index in [2.05, 4.69) is 21.2 Å². The van der Waals surface area contributed by atoms with Crippen LogP contribution in [-0.2, 0) is 9.05 Å². The molecule has 116 valence electrons. The number of nitrogens with one attached hydrogen (secondary N) is 1. The first-order valence-electron chi connectivity index (χ1n) is 6.90. The highest BCUT2D eigenvalue weighted by Crippen LogP contribution is 2.27. The third-order valence-corrected chi connectivity index (χ3v) is 5.52.